The van der Waals surface area contributed by atoms with Crippen LogP contribution in [0.2, 0.25) is 0 Å². The molecular weight excluding hydrogens is 308 g/mol. The molecule has 0 bridgehead atoms. The molecule has 1 aliphatic rings. The van der Waals surface area contributed by atoms with Crippen LogP contribution in [0.25, 0.3) is 0 Å². The summed E-state index contributed by atoms with van der Waals surface area (Å²) in [5.74, 6) is -1.95. The van der Waals surface area contributed by atoms with Gasteiger partial charge in [-0.3, -0.25) is 9.59 Å². The average Bonchev–Trinajstić information content (AvgIpc) is 2.62. The van der Waals surface area contributed by atoms with E-state index >= 15 is 0 Å². The molecule has 0 aromatic heterocycles. The number of rotatable bonds is 6. The van der Waals surface area contributed by atoms with E-state index < -0.39 is 23.6 Å². The van der Waals surface area contributed by atoms with E-state index in [1.54, 1.807) is 18.2 Å². The van der Waals surface area contributed by atoms with E-state index in [-0.39, 0.29) is 28.0 Å². The Bertz CT molecular complexity index is 770. The van der Waals surface area contributed by atoms with Crippen LogP contribution in [0.3, 0.4) is 0 Å². The number of Topliss-reactive ketones (excluding diaryl/α,β-unsaturated/α-hetero) is 2. The van der Waals surface area contributed by atoms with Crippen molar-refractivity contribution in [3.05, 3.63) is 71.5 Å². The Hall–Kier alpha value is -2.95. The summed E-state index contributed by atoms with van der Waals surface area (Å²) in [5, 5.41) is 0. The summed E-state index contributed by atoms with van der Waals surface area (Å²) in [6.07, 6.45) is 1.61. The van der Waals surface area contributed by atoms with Crippen LogP contribution in [0.5, 0.6) is 0 Å². The molecule has 0 saturated heterocycles. The normalized spacial score (nSPS) is 14.8. The predicted molar refractivity (Wildman–Crippen MR) is 88.6 cm³/mol. The Kier molecular flexibility index (Phi) is 5.14. The van der Waals surface area contributed by atoms with Crippen LogP contribution in [0.15, 0.2) is 60.4 Å². The second kappa shape index (κ2) is 7.08. The topological polar surface area (TPSA) is 69.7 Å². The molecule has 1 aromatic rings. The van der Waals surface area contributed by atoms with Crippen LogP contribution in [0.1, 0.15) is 34.1 Å². The molecular formula is C19H18O5. The largest absolute Gasteiger partial charge is 0.481 e. The minimum absolute atomic E-state index is 0.161. The lowest BCUT2D eigenvalue weighted by Crippen LogP contribution is -2.28. The molecule has 1 unspecified atom stereocenters. The molecule has 0 N–H and O–H groups in total. The summed E-state index contributed by atoms with van der Waals surface area (Å²) in [7, 11) is 1.18. The van der Waals surface area contributed by atoms with E-state index in [1.807, 2.05) is 6.92 Å². The van der Waals surface area contributed by atoms with Crippen LogP contribution in [-0.2, 0) is 14.3 Å². The minimum Gasteiger partial charge on any atom is -0.481 e. The lowest BCUT2D eigenvalue weighted by atomic mass is 9.85. The van der Waals surface area contributed by atoms with Crippen molar-refractivity contribution in [3.8, 4) is 0 Å². The number of hydrogen-bond acceptors (Lipinski definition) is 5. The highest BCUT2D eigenvalue weighted by atomic mass is 16.5. The van der Waals surface area contributed by atoms with Crippen molar-refractivity contribution in [1.82, 2.24) is 0 Å². The molecule has 5 heteroatoms. The van der Waals surface area contributed by atoms with Crippen molar-refractivity contribution in [2.45, 2.75) is 19.4 Å². The second-order valence-corrected chi connectivity index (χ2v) is 5.18. The van der Waals surface area contributed by atoms with Gasteiger partial charge < -0.3 is 9.47 Å². The highest BCUT2D eigenvalue weighted by molar-refractivity contribution is 6.30. The van der Waals surface area contributed by atoms with Gasteiger partial charge in [-0.25, -0.2) is 4.79 Å². The molecule has 0 spiro atoms. The van der Waals surface area contributed by atoms with E-state index in [1.165, 1.54) is 19.3 Å². The van der Waals surface area contributed by atoms with Gasteiger partial charge in [0, 0.05) is 11.1 Å². The average molecular weight is 326 g/mol. The SMILES string of the molecule is C=CC(CC)OC1=C(C(=C)C(=O)OC)C(=O)c2ccccc2C1=O. The highest BCUT2D eigenvalue weighted by Crippen LogP contribution is 2.32. The fourth-order valence-corrected chi connectivity index (χ4v) is 2.41. The Morgan fingerprint density at radius 2 is 1.79 bits per heavy atom. The molecule has 0 fully saturated rings. The van der Waals surface area contributed by atoms with Crippen LogP contribution < -0.4 is 0 Å². The number of carbonyl (C=O) groups is 3. The summed E-state index contributed by atoms with van der Waals surface area (Å²) >= 11 is 0. The van der Waals surface area contributed by atoms with E-state index in [0.29, 0.717) is 6.42 Å². The molecule has 1 aromatic carbocycles. The number of ether oxygens (including phenoxy) is 2. The van der Waals surface area contributed by atoms with Gasteiger partial charge in [-0.05, 0) is 6.42 Å². The number of ketones is 2. The van der Waals surface area contributed by atoms with Crippen molar-refractivity contribution in [2.24, 2.45) is 0 Å². The van der Waals surface area contributed by atoms with Gasteiger partial charge in [0.15, 0.2) is 11.5 Å². The summed E-state index contributed by atoms with van der Waals surface area (Å²) in [6.45, 7) is 9.11. The number of carbonyl (C=O) groups excluding carboxylic acids is 3. The zero-order valence-corrected chi connectivity index (χ0v) is 13.6. The molecule has 0 heterocycles. The van der Waals surface area contributed by atoms with Crippen LogP contribution in [0.4, 0.5) is 0 Å². The Labute approximate surface area is 140 Å². The number of benzene rings is 1. The van der Waals surface area contributed by atoms with Crippen molar-refractivity contribution in [1.29, 1.82) is 0 Å². The van der Waals surface area contributed by atoms with Gasteiger partial charge in [-0.15, -0.1) is 0 Å². The van der Waals surface area contributed by atoms with Gasteiger partial charge in [0.1, 0.15) is 6.10 Å². The monoisotopic (exact) mass is 326 g/mol. The number of fused-ring (bicyclic) bond motifs is 1. The van der Waals surface area contributed by atoms with Crippen molar-refractivity contribution in [2.75, 3.05) is 7.11 Å². The second-order valence-electron chi connectivity index (χ2n) is 5.18. The fourth-order valence-electron chi connectivity index (χ4n) is 2.41. The first-order chi connectivity index (χ1) is 11.5. The summed E-state index contributed by atoms with van der Waals surface area (Å²) in [4.78, 5) is 37.5. The molecule has 5 nitrogen and oxygen atoms in total. The maximum atomic E-state index is 12.8. The predicted octanol–water partition coefficient (Wildman–Crippen LogP) is 3.03. The highest BCUT2D eigenvalue weighted by Gasteiger charge is 2.37. The van der Waals surface area contributed by atoms with Gasteiger partial charge in [0.05, 0.1) is 18.3 Å². The zero-order valence-electron chi connectivity index (χ0n) is 13.6. The third-order valence-electron chi connectivity index (χ3n) is 3.74. The summed E-state index contributed by atoms with van der Waals surface area (Å²) in [6, 6.07) is 6.38. The number of esters is 1. The smallest absolute Gasteiger partial charge is 0.338 e. The maximum absolute atomic E-state index is 12.8. The minimum atomic E-state index is -0.793. The Morgan fingerprint density at radius 1 is 1.21 bits per heavy atom. The van der Waals surface area contributed by atoms with E-state index in [0.717, 1.165) is 0 Å². The number of methoxy groups -OCH3 is 1. The van der Waals surface area contributed by atoms with E-state index in [9.17, 15) is 14.4 Å². The molecule has 24 heavy (non-hydrogen) atoms. The lowest BCUT2D eigenvalue weighted by Gasteiger charge is -2.24. The lowest BCUT2D eigenvalue weighted by molar-refractivity contribution is -0.135. The number of allylic oxidation sites excluding steroid dienone is 1. The van der Waals surface area contributed by atoms with Crippen LogP contribution >= 0.6 is 0 Å². The molecule has 0 saturated carbocycles. The summed E-state index contributed by atoms with van der Waals surface area (Å²) in [5.41, 5.74) is 0.0736. The molecule has 124 valence electrons. The molecule has 0 amide bonds. The standard InChI is InChI=1S/C19H18O5/c1-5-12(6-2)24-18-15(11(3)19(22)23-4)16(20)13-9-7-8-10-14(13)17(18)21/h5,7-10,12H,1,3,6H2,2,4H3. The van der Waals surface area contributed by atoms with Crippen LogP contribution in [-0.4, -0.2) is 30.7 Å². The molecule has 0 radical (unpaired) electrons. The van der Waals surface area contributed by atoms with Gasteiger partial charge in [0.2, 0.25) is 5.78 Å². The van der Waals surface area contributed by atoms with Crippen molar-refractivity contribution in [3.63, 3.8) is 0 Å². The quantitative estimate of drug-likeness (QED) is 0.456. The van der Waals surface area contributed by atoms with E-state index in [2.05, 4.69) is 17.9 Å². The van der Waals surface area contributed by atoms with Gasteiger partial charge in [0.25, 0.3) is 0 Å². The first-order valence-electron chi connectivity index (χ1n) is 7.45. The molecule has 0 aliphatic heterocycles. The number of hydrogen-bond donors (Lipinski definition) is 0. The Morgan fingerprint density at radius 3 is 2.29 bits per heavy atom. The first-order valence-corrected chi connectivity index (χ1v) is 7.45. The fraction of sp³-hybridized carbons (Fsp3) is 0.211. The summed E-state index contributed by atoms with van der Waals surface area (Å²) < 4.78 is 10.3. The zero-order chi connectivity index (χ0) is 17.9. The van der Waals surface area contributed by atoms with Gasteiger partial charge >= 0.3 is 5.97 Å². The maximum Gasteiger partial charge on any atom is 0.338 e. The van der Waals surface area contributed by atoms with Crippen molar-refractivity contribution < 1.29 is 23.9 Å². The van der Waals surface area contributed by atoms with E-state index in [4.69, 9.17) is 4.74 Å². The Balaban J connectivity index is 2.65. The van der Waals surface area contributed by atoms with Crippen LogP contribution in [0, 0.1) is 0 Å². The molecule has 1 aliphatic carbocycles. The molecule has 2 rings (SSSR count). The first kappa shape index (κ1) is 17.4. The third-order valence-corrected chi connectivity index (χ3v) is 3.74. The van der Waals surface area contributed by atoms with Gasteiger partial charge in [-0.1, -0.05) is 50.4 Å². The molecule has 1 atom stereocenters. The van der Waals surface area contributed by atoms with Crippen molar-refractivity contribution >= 4 is 17.5 Å². The third kappa shape index (κ3) is 2.93. The van der Waals surface area contributed by atoms with Gasteiger partial charge in [-0.2, -0.15) is 0 Å².